The fourth-order valence-electron chi connectivity index (χ4n) is 3.02. The molecule has 3 nitrogen and oxygen atoms in total. The molecule has 0 aliphatic rings. The summed E-state index contributed by atoms with van der Waals surface area (Å²) in [5, 5.41) is 10.3. The minimum Gasteiger partial charge on any atom is -0.466 e. The summed E-state index contributed by atoms with van der Waals surface area (Å²) >= 11 is 0. The predicted molar refractivity (Wildman–Crippen MR) is 107 cm³/mol. The van der Waals surface area contributed by atoms with Gasteiger partial charge in [-0.1, -0.05) is 77.2 Å². The van der Waals surface area contributed by atoms with E-state index in [-0.39, 0.29) is 12.4 Å². The quantitative estimate of drug-likeness (QED) is 0.177. The number of unbranched alkanes of at least 4 members (excludes halogenated alkanes) is 11. The van der Waals surface area contributed by atoms with E-state index in [9.17, 15) is 9.90 Å². The topological polar surface area (TPSA) is 46.5 Å². The van der Waals surface area contributed by atoms with E-state index in [1.165, 1.54) is 51.4 Å². The van der Waals surface area contributed by atoms with E-state index >= 15 is 0 Å². The van der Waals surface area contributed by atoms with Crippen LogP contribution in [-0.2, 0) is 9.53 Å². The zero-order valence-electron chi connectivity index (χ0n) is 16.9. The number of ether oxygens (including phenoxy) is 1. The molecule has 25 heavy (non-hydrogen) atoms. The number of carbonyl (C=O) groups excluding carboxylic acids is 1. The Balaban J connectivity index is 3.54. The fourth-order valence-corrected chi connectivity index (χ4v) is 3.02. The molecular formula is C22H42O3. The highest BCUT2D eigenvalue weighted by molar-refractivity contribution is 5.70. The molecule has 3 heteroatoms. The van der Waals surface area contributed by atoms with Gasteiger partial charge in [-0.3, -0.25) is 4.79 Å². The average molecular weight is 355 g/mol. The van der Waals surface area contributed by atoms with Crippen molar-refractivity contribution in [1.29, 1.82) is 0 Å². The first-order chi connectivity index (χ1) is 12.0. The molecule has 0 radical (unpaired) electrons. The number of allylic oxidation sites excluding steroid dienone is 1. The summed E-state index contributed by atoms with van der Waals surface area (Å²) in [6.45, 7) is 8.17. The Morgan fingerprint density at radius 1 is 0.960 bits per heavy atom. The van der Waals surface area contributed by atoms with Crippen LogP contribution in [0.25, 0.3) is 0 Å². The molecule has 0 aromatic rings. The van der Waals surface area contributed by atoms with Crippen molar-refractivity contribution >= 4 is 5.97 Å². The van der Waals surface area contributed by atoms with Crippen molar-refractivity contribution < 1.29 is 14.6 Å². The lowest BCUT2D eigenvalue weighted by Crippen LogP contribution is -2.28. The molecule has 0 fully saturated rings. The molecular weight excluding hydrogens is 312 g/mol. The molecule has 0 aromatic carbocycles. The van der Waals surface area contributed by atoms with Crippen LogP contribution in [0.4, 0.5) is 0 Å². The first kappa shape index (κ1) is 24.2. The molecule has 1 N–H and O–H groups in total. The average Bonchev–Trinajstić information content (AvgIpc) is 2.56. The monoisotopic (exact) mass is 354 g/mol. The summed E-state index contributed by atoms with van der Waals surface area (Å²) in [5.74, 6) is -0.262. The highest BCUT2D eigenvalue weighted by Gasteiger charge is 2.24. The van der Waals surface area contributed by atoms with Crippen LogP contribution in [0.1, 0.15) is 110 Å². The van der Waals surface area contributed by atoms with E-state index in [1.54, 1.807) is 6.92 Å². The summed E-state index contributed by atoms with van der Waals surface area (Å²) in [5.41, 5.74) is -0.924. The lowest BCUT2D eigenvalue weighted by atomic mass is 9.94. The van der Waals surface area contributed by atoms with E-state index < -0.39 is 5.60 Å². The minimum atomic E-state index is -0.924. The van der Waals surface area contributed by atoms with E-state index in [1.807, 2.05) is 6.08 Å². The highest BCUT2D eigenvalue weighted by atomic mass is 16.5. The van der Waals surface area contributed by atoms with Gasteiger partial charge in [0.2, 0.25) is 0 Å². The van der Waals surface area contributed by atoms with Crippen LogP contribution in [0, 0.1) is 0 Å². The second-order valence-corrected chi connectivity index (χ2v) is 7.61. The Labute approximate surface area is 156 Å². The maximum atomic E-state index is 11.8. The lowest BCUT2D eigenvalue weighted by molar-refractivity contribution is -0.149. The van der Waals surface area contributed by atoms with Gasteiger partial charge in [0.25, 0.3) is 0 Å². The van der Waals surface area contributed by atoms with Gasteiger partial charge in [0, 0.05) is 0 Å². The maximum absolute atomic E-state index is 11.8. The van der Waals surface area contributed by atoms with Gasteiger partial charge in [-0.15, -0.1) is 6.58 Å². The van der Waals surface area contributed by atoms with Crippen LogP contribution in [0.5, 0.6) is 0 Å². The van der Waals surface area contributed by atoms with Crippen molar-refractivity contribution in [2.24, 2.45) is 0 Å². The molecule has 1 unspecified atom stereocenters. The summed E-state index contributed by atoms with van der Waals surface area (Å²) in [7, 11) is 0. The van der Waals surface area contributed by atoms with Gasteiger partial charge in [-0.2, -0.15) is 0 Å². The summed E-state index contributed by atoms with van der Waals surface area (Å²) in [4.78, 5) is 11.8. The van der Waals surface area contributed by atoms with Gasteiger partial charge in [-0.25, -0.2) is 0 Å². The van der Waals surface area contributed by atoms with Crippen LogP contribution >= 0.6 is 0 Å². The minimum absolute atomic E-state index is 0.115. The largest absolute Gasteiger partial charge is 0.466 e. The third-order valence-corrected chi connectivity index (χ3v) is 4.66. The van der Waals surface area contributed by atoms with Gasteiger partial charge in [-0.05, 0) is 32.6 Å². The van der Waals surface area contributed by atoms with Crippen molar-refractivity contribution in [2.75, 3.05) is 6.61 Å². The Morgan fingerprint density at radius 2 is 1.52 bits per heavy atom. The van der Waals surface area contributed by atoms with Crippen molar-refractivity contribution in [1.82, 2.24) is 0 Å². The Kier molecular flexibility index (Phi) is 16.1. The van der Waals surface area contributed by atoms with Gasteiger partial charge >= 0.3 is 5.97 Å². The molecule has 0 aliphatic heterocycles. The molecule has 1 atom stereocenters. The van der Waals surface area contributed by atoms with Gasteiger partial charge in [0.05, 0.1) is 18.6 Å². The highest BCUT2D eigenvalue weighted by Crippen LogP contribution is 2.20. The number of hydrogen-bond donors (Lipinski definition) is 1. The number of rotatable bonds is 18. The maximum Gasteiger partial charge on any atom is 0.308 e. The normalized spacial score (nSPS) is 13.4. The first-order valence-electron chi connectivity index (χ1n) is 10.5. The SMILES string of the molecule is C=CCCCCCCCCOC(=O)CC(C)(O)CCCCCCCC. The molecule has 0 aliphatic carbocycles. The summed E-state index contributed by atoms with van der Waals surface area (Å²) < 4.78 is 5.27. The molecule has 0 amide bonds. The van der Waals surface area contributed by atoms with E-state index in [2.05, 4.69) is 13.5 Å². The molecule has 148 valence electrons. The van der Waals surface area contributed by atoms with Crippen molar-refractivity contribution in [3.63, 3.8) is 0 Å². The number of esters is 1. The molecule has 0 bridgehead atoms. The summed E-state index contributed by atoms with van der Waals surface area (Å²) in [6, 6.07) is 0. The molecule has 0 saturated carbocycles. The van der Waals surface area contributed by atoms with Gasteiger partial charge in [0.1, 0.15) is 0 Å². The zero-order valence-corrected chi connectivity index (χ0v) is 16.9. The van der Waals surface area contributed by atoms with Crippen LogP contribution < -0.4 is 0 Å². The predicted octanol–water partition coefficient (Wildman–Crippen LogP) is 6.34. The van der Waals surface area contributed by atoms with Crippen molar-refractivity contribution in [3.05, 3.63) is 12.7 Å². The van der Waals surface area contributed by atoms with Crippen LogP contribution in [-0.4, -0.2) is 23.3 Å². The fraction of sp³-hybridized carbons (Fsp3) is 0.864. The molecule has 0 aromatic heterocycles. The van der Waals surface area contributed by atoms with Crippen LogP contribution in [0.3, 0.4) is 0 Å². The van der Waals surface area contributed by atoms with Gasteiger partial charge in [0.15, 0.2) is 0 Å². The zero-order chi connectivity index (χ0) is 18.8. The number of aliphatic hydroxyl groups is 1. The number of hydrogen-bond acceptors (Lipinski definition) is 3. The van der Waals surface area contributed by atoms with Gasteiger partial charge < -0.3 is 9.84 Å². The Hall–Kier alpha value is -0.830. The molecule has 0 spiro atoms. The third-order valence-electron chi connectivity index (χ3n) is 4.66. The van der Waals surface area contributed by atoms with E-state index in [4.69, 9.17) is 4.74 Å². The Bertz CT molecular complexity index is 323. The van der Waals surface area contributed by atoms with Crippen LogP contribution in [0.15, 0.2) is 12.7 Å². The Morgan fingerprint density at radius 3 is 2.16 bits per heavy atom. The lowest BCUT2D eigenvalue weighted by Gasteiger charge is -2.22. The van der Waals surface area contributed by atoms with Crippen molar-refractivity contribution in [2.45, 2.75) is 116 Å². The third kappa shape index (κ3) is 17.8. The standard InChI is InChI=1S/C22H42O3/c1-4-6-8-10-12-13-15-17-19-25-21(23)20-22(3,24)18-16-14-11-9-7-5-2/h4,24H,1,5-20H2,2-3H3. The smallest absolute Gasteiger partial charge is 0.308 e. The second-order valence-electron chi connectivity index (χ2n) is 7.61. The molecule has 0 rings (SSSR count). The van der Waals surface area contributed by atoms with Crippen LogP contribution in [0.2, 0.25) is 0 Å². The summed E-state index contributed by atoms with van der Waals surface area (Å²) in [6.07, 6.45) is 18.0. The number of carbonyl (C=O) groups is 1. The molecule has 0 heterocycles. The van der Waals surface area contributed by atoms with E-state index in [0.717, 1.165) is 32.1 Å². The van der Waals surface area contributed by atoms with E-state index in [0.29, 0.717) is 13.0 Å². The second kappa shape index (κ2) is 16.6. The molecule has 0 saturated heterocycles. The first-order valence-corrected chi connectivity index (χ1v) is 10.5. The van der Waals surface area contributed by atoms with Crippen molar-refractivity contribution in [3.8, 4) is 0 Å².